The molecule has 0 saturated carbocycles. The van der Waals surface area contributed by atoms with E-state index in [0.29, 0.717) is 11.3 Å². The Morgan fingerprint density at radius 1 is 1.17 bits per heavy atom. The summed E-state index contributed by atoms with van der Waals surface area (Å²) >= 11 is 0. The molecule has 0 spiro atoms. The highest BCUT2D eigenvalue weighted by molar-refractivity contribution is 5.95. The van der Waals surface area contributed by atoms with Crippen LogP contribution in [0.5, 0.6) is 0 Å². The van der Waals surface area contributed by atoms with Gasteiger partial charge in [-0.25, -0.2) is 4.79 Å². The number of anilines is 1. The van der Waals surface area contributed by atoms with Crippen LogP contribution in [0.1, 0.15) is 37.0 Å². The van der Waals surface area contributed by atoms with Gasteiger partial charge in [-0.05, 0) is 37.1 Å². The summed E-state index contributed by atoms with van der Waals surface area (Å²) in [4.78, 5) is 22.5. The molecule has 5 heteroatoms. The largest absolute Gasteiger partial charge is 0.351 e. The van der Waals surface area contributed by atoms with Crippen LogP contribution < -0.4 is 16.4 Å². The van der Waals surface area contributed by atoms with Crippen LogP contribution in [-0.2, 0) is 0 Å². The van der Waals surface area contributed by atoms with Crippen molar-refractivity contribution in [3.63, 3.8) is 0 Å². The molecule has 98 valence electrons. The minimum atomic E-state index is -0.621. The summed E-state index contributed by atoms with van der Waals surface area (Å²) in [5, 5.41) is 5.38. The van der Waals surface area contributed by atoms with Crippen LogP contribution >= 0.6 is 0 Å². The van der Waals surface area contributed by atoms with Gasteiger partial charge in [-0.2, -0.15) is 0 Å². The van der Waals surface area contributed by atoms with Crippen molar-refractivity contribution in [3.8, 4) is 0 Å². The molecule has 0 radical (unpaired) electrons. The zero-order chi connectivity index (χ0) is 13.5. The number of hydrogen-bond acceptors (Lipinski definition) is 2. The number of amides is 3. The molecule has 1 aromatic carbocycles. The van der Waals surface area contributed by atoms with Gasteiger partial charge in [0, 0.05) is 17.3 Å². The Bertz CT molecular complexity index is 411. The van der Waals surface area contributed by atoms with Crippen LogP contribution in [-0.4, -0.2) is 18.0 Å². The fraction of sp³-hybridized carbons (Fsp3) is 0.385. The third-order valence-corrected chi connectivity index (χ3v) is 2.74. The lowest BCUT2D eigenvalue weighted by molar-refractivity contribution is 0.0935. The summed E-state index contributed by atoms with van der Waals surface area (Å²) in [5.41, 5.74) is 6.13. The van der Waals surface area contributed by atoms with Gasteiger partial charge >= 0.3 is 6.03 Å². The van der Waals surface area contributed by atoms with Crippen molar-refractivity contribution in [1.82, 2.24) is 5.32 Å². The summed E-state index contributed by atoms with van der Waals surface area (Å²) in [6.07, 6.45) is 1.81. The second-order valence-corrected chi connectivity index (χ2v) is 4.05. The van der Waals surface area contributed by atoms with E-state index >= 15 is 0 Å². The number of carbonyl (C=O) groups is 2. The molecule has 0 atom stereocenters. The normalized spacial score (nSPS) is 10.2. The number of primary amides is 1. The molecule has 0 unspecified atom stereocenters. The molecule has 4 N–H and O–H groups in total. The van der Waals surface area contributed by atoms with Crippen molar-refractivity contribution in [2.75, 3.05) is 5.32 Å². The van der Waals surface area contributed by atoms with Crippen LogP contribution in [0.25, 0.3) is 0 Å². The van der Waals surface area contributed by atoms with Crippen molar-refractivity contribution in [1.29, 1.82) is 0 Å². The molecule has 0 fully saturated rings. The molecule has 0 aromatic heterocycles. The molecule has 1 rings (SSSR count). The lowest BCUT2D eigenvalue weighted by Gasteiger charge is -2.14. The van der Waals surface area contributed by atoms with Crippen LogP contribution in [0.2, 0.25) is 0 Å². The fourth-order valence-electron chi connectivity index (χ4n) is 1.61. The smallest absolute Gasteiger partial charge is 0.316 e. The average molecular weight is 249 g/mol. The first kappa shape index (κ1) is 14.0. The lowest BCUT2D eigenvalue weighted by atomic mass is 10.1. The van der Waals surface area contributed by atoms with E-state index in [1.807, 2.05) is 13.8 Å². The third kappa shape index (κ3) is 4.08. The summed E-state index contributed by atoms with van der Waals surface area (Å²) in [7, 11) is 0. The maximum atomic E-state index is 11.9. The van der Waals surface area contributed by atoms with Crippen molar-refractivity contribution >= 4 is 17.6 Å². The zero-order valence-corrected chi connectivity index (χ0v) is 10.7. The van der Waals surface area contributed by atoms with E-state index in [4.69, 9.17) is 5.73 Å². The number of nitrogens with one attached hydrogen (secondary N) is 2. The van der Waals surface area contributed by atoms with Gasteiger partial charge in [-0.1, -0.05) is 13.8 Å². The first-order chi connectivity index (χ1) is 8.56. The second kappa shape index (κ2) is 6.64. The van der Waals surface area contributed by atoms with Crippen molar-refractivity contribution in [2.24, 2.45) is 5.73 Å². The van der Waals surface area contributed by atoms with E-state index < -0.39 is 6.03 Å². The molecule has 5 nitrogen and oxygen atoms in total. The highest BCUT2D eigenvalue weighted by Crippen LogP contribution is 2.10. The minimum absolute atomic E-state index is 0.102. The first-order valence-corrected chi connectivity index (χ1v) is 6.04. The third-order valence-electron chi connectivity index (χ3n) is 2.74. The molecule has 0 aliphatic rings. The van der Waals surface area contributed by atoms with Gasteiger partial charge in [-0.15, -0.1) is 0 Å². The van der Waals surface area contributed by atoms with E-state index in [1.54, 1.807) is 24.3 Å². The van der Waals surface area contributed by atoms with Gasteiger partial charge in [0.05, 0.1) is 0 Å². The maximum Gasteiger partial charge on any atom is 0.316 e. The molecule has 18 heavy (non-hydrogen) atoms. The van der Waals surface area contributed by atoms with E-state index in [9.17, 15) is 9.59 Å². The van der Waals surface area contributed by atoms with Gasteiger partial charge in [0.2, 0.25) is 0 Å². The Balaban J connectivity index is 2.67. The number of rotatable bonds is 5. The van der Waals surface area contributed by atoms with Crippen LogP contribution in [0.15, 0.2) is 24.3 Å². The van der Waals surface area contributed by atoms with Crippen molar-refractivity contribution in [3.05, 3.63) is 29.8 Å². The second-order valence-electron chi connectivity index (χ2n) is 4.05. The molecule has 0 bridgehead atoms. The standard InChI is InChI=1S/C13H19N3O2/c1-3-10(4-2)15-12(17)9-5-7-11(8-6-9)16-13(14)18/h5-8,10H,3-4H2,1-2H3,(H,15,17)(H3,14,16,18). The molecule has 1 aromatic rings. The molecule has 3 amide bonds. The summed E-state index contributed by atoms with van der Waals surface area (Å²) in [6, 6.07) is 6.18. The van der Waals surface area contributed by atoms with E-state index in [-0.39, 0.29) is 11.9 Å². The maximum absolute atomic E-state index is 11.9. The molecule has 0 aliphatic heterocycles. The minimum Gasteiger partial charge on any atom is -0.351 e. The van der Waals surface area contributed by atoms with Crippen LogP contribution in [0, 0.1) is 0 Å². The number of benzene rings is 1. The van der Waals surface area contributed by atoms with Gasteiger partial charge in [0.1, 0.15) is 0 Å². The van der Waals surface area contributed by atoms with Gasteiger partial charge in [-0.3, -0.25) is 4.79 Å². The molecule has 0 heterocycles. The Morgan fingerprint density at radius 2 is 1.72 bits per heavy atom. The number of urea groups is 1. The van der Waals surface area contributed by atoms with Gasteiger partial charge < -0.3 is 16.4 Å². The van der Waals surface area contributed by atoms with Crippen molar-refractivity contribution in [2.45, 2.75) is 32.7 Å². The Hall–Kier alpha value is -2.04. The van der Waals surface area contributed by atoms with Crippen molar-refractivity contribution < 1.29 is 9.59 Å². The molecular weight excluding hydrogens is 230 g/mol. The summed E-state index contributed by atoms with van der Waals surface area (Å²) in [6.45, 7) is 4.07. The fourth-order valence-corrected chi connectivity index (χ4v) is 1.61. The first-order valence-electron chi connectivity index (χ1n) is 6.04. The Labute approximate surface area is 107 Å². The Morgan fingerprint density at radius 3 is 2.17 bits per heavy atom. The van der Waals surface area contributed by atoms with E-state index in [2.05, 4.69) is 10.6 Å². The summed E-state index contributed by atoms with van der Waals surface area (Å²) in [5.74, 6) is -0.102. The van der Waals surface area contributed by atoms with Gasteiger partial charge in [0.25, 0.3) is 5.91 Å². The SMILES string of the molecule is CCC(CC)NC(=O)c1ccc(NC(N)=O)cc1. The Kier molecular flexibility index (Phi) is 5.17. The predicted molar refractivity (Wildman–Crippen MR) is 71.5 cm³/mol. The highest BCUT2D eigenvalue weighted by atomic mass is 16.2. The van der Waals surface area contributed by atoms with Gasteiger partial charge in [0.15, 0.2) is 0 Å². The van der Waals surface area contributed by atoms with E-state index in [0.717, 1.165) is 12.8 Å². The lowest BCUT2D eigenvalue weighted by Crippen LogP contribution is -2.33. The summed E-state index contributed by atoms with van der Waals surface area (Å²) < 4.78 is 0. The molecule has 0 aliphatic carbocycles. The topological polar surface area (TPSA) is 84.2 Å². The van der Waals surface area contributed by atoms with Crippen LogP contribution in [0.3, 0.4) is 0 Å². The average Bonchev–Trinajstić information content (AvgIpc) is 2.35. The molecule has 0 saturated heterocycles. The quantitative estimate of drug-likeness (QED) is 0.746. The predicted octanol–water partition coefficient (Wildman–Crippen LogP) is 2.10. The van der Waals surface area contributed by atoms with Crippen LogP contribution in [0.4, 0.5) is 10.5 Å². The van der Waals surface area contributed by atoms with E-state index in [1.165, 1.54) is 0 Å². The number of carbonyl (C=O) groups excluding carboxylic acids is 2. The zero-order valence-electron chi connectivity index (χ0n) is 10.7. The number of hydrogen-bond donors (Lipinski definition) is 3. The number of nitrogens with two attached hydrogens (primary N) is 1. The monoisotopic (exact) mass is 249 g/mol. The molecular formula is C13H19N3O2. The highest BCUT2D eigenvalue weighted by Gasteiger charge is 2.10.